The summed E-state index contributed by atoms with van der Waals surface area (Å²) in [7, 11) is 0. The van der Waals surface area contributed by atoms with Crippen LogP contribution in [0.15, 0.2) is 24.5 Å². The van der Waals surface area contributed by atoms with E-state index in [1.165, 1.54) is 0 Å². The van der Waals surface area contributed by atoms with Gasteiger partial charge >= 0.3 is 6.03 Å². The molecule has 0 unspecified atom stereocenters. The first-order chi connectivity index (χ1) is 5.70. The van der Waals surface area contributed by atoms with Crippen LogP contribution in [0.25, 0.3) is 0 Å². The van der Waals surface area contributed by atoms with E-state index in [0.29, 0.717) is 6.54 Å². The number of nitrogens with two attached hydrogens (primary N) is 1. The van der Waals surface area contributed by atoms with Crippen molar-refractivity contribution in [2.75, 3.05) is 0 Å². The van der Waals surface area contributed by atoms with Crippen LogP contribution in [0.3, 0.4) is 0 Å². The number of hydrogen-bond donors (Lipinski definition) is 2. The number of primary amides is 1. The van der Waals surface area contributed by atoms with Gasteiger partial charge in [-0.1, -0.05) is 18.9 Å². The Morgan fingerprint density at radius 1 is 1.75 bits per heavy atom. The molecule has 0 aliphatic carbocycles. The molecule has 0 fully saturated rings. The van der Waals surface area contributed by atoms with E-state index in [2.05, 4.69) is 17.8 Å². The minimum atomic E-state index is -0.567. The highest BCUT2D eigenvalue weighted by molar-refractivity contribution is 7.78. The lowest BCUT2D eigenvalue weighted by Gasteiger charge is -2.11. The average Bonchev–Trinajstić information content (AvgIpc) is 2.06. The number of hydrogen-bond acceptors (Lipinski definition) is 3. The van der Waals surface area contributed by atoms with Gasteiger partial charge in [0.25, 0.3) is 0 Å². The Morgan fingerprint density at radius 3 is 3.00 bits per heavy atom. The largest absolute Gasteiger partial charge is 0.351 e. The van der Waals surface area contributed by atoms with Gasteiger partial charge in [-0.3, -0.25) is 9.29 Å². The third-order valence-electron chi connectivity index (χ3n) is 1.31. The summed E-state index contributed by atoms with van der Waals surface area (Å²) < 4.78 is 1.12. The van der Waals surface area contributed by atoms with Gasteiger partial charge in [0.2, 0.25) is 0 Å². The molecular weight excluding hydrogens is 174 g/mol. The summed E-state index contributed by atoms with van der Waals surface area (Å²) in [6.45, 7) is 0.367. The van der Waals surface area contributed by atoms with Crippen molar-refractivity contribution < 1.29 is 4.79 Å². The highest BCUT2D eigenvalue weighted by atomic mass is 32.1. The summed E-state index contributed by atoms with van der Waals surface area (Å²) in [4.78, 5) is 14.4. The molecule has 1 heterocycles. The predicted octanol–water partition coefficient (Wildman–Crippen LogP) is 0.807. The Balaban J connectivity index is 2.58. The molecule has 2 amide bonds. The molecular formula is C7H9N3OS. The van der Waals surface area contributed by atoms with Crippen LogP contribution >= 0.6 is 12.8 Å². The van der Waals surface area contributed by atoms with E-state index >= 15 is 0 Å². The highest BCUT2D eigenvalue weighted by Gasteiger charge is 2.03. The quantitative estimate of drug-likeness (QED) is 0.666. The lowest BCUT2D eigenvalue weighted by atomic mass is 10.3. The van der Waals surface area contributed by atoms with Crippen molar-refractivity contribution in [2.24, 2.45) is 5.73 Å². The fraction of sp³-hybridized carbons (Fsp3) is 0.143. The Labute approximate surface area is 75.9 Å². The second-order valence-electron chi connectivity index (χ2n) is 2.26. The zero-order valence-corrected chi connectivity index (χ0v) is 7.24. The van der Waals surface area contributed by atoms with Crippen molar-refractivity contribution in [1.82, 2.24) is 9.29 Å². The topological polar surface area (TPSA) is 59.2 Å². The van der Waals surface area contributed by atoms with E-state index in [1.54, 1.807) is 18.5 Å². The molecule has 4 nitrogen and oxygen atoms in total. The molecule has 1 aromatic heterocycles. The van der Waals surface area contributed by atoms with Crippen LogP contribution in [0.4, 0.5) is 4.79 Å². The summed E-state index contributed by atoms with van der Waals surface area (Å²) in [6.07, 6.45) is 3.32. The molecule has 12 heavy (non-hydrogen) atoms. The number of urea groups is 1. The Bertz CT molecular complexity index is 265. The standard InChI is InChI=1S/C7H9N3OS/c8-7(11)10(12)5-6-2-1-3-9-4-6/h1-4,12H,5H2,(H2,8,11). The van der Waals surface area contributed by atoms with Crippen molar-refractivity contribution >= 4 is 18.8 Å². The van der Waals surface area contributed by atoms with Crippen molar-refractivity contribution in [3.05, 3.63) is 30.1 Å². The molecule has 0 bridgehead atoms. The van der Waals surface area contributed by atoms with Gasteiger partial charge in [0.1, 0.15) is 0 Å². The molecule has 64 valence electrons. The van der Waals surface area contributed by atoms with Gasteiger partial charge in [-0.05, 0) is 11.6 Å². The van der Waals surface area contributed by atoms with Gasteiger partial charge in [-0.15, -0.1) is 0 Å². The number of aromatic nitrogens is 1. The van der Waals surface area contributed by atoms with Gasteiger partial charge < -0.3 is 5.73 Å². The maximum atomic E-state index is 10.6. The number of carbonyl (C=O) groups is 1. The molecule has 0 aliphatic heterocycles. The second kappa shape index (κ2) is 3.96. The Kier molecular flexibility index (Phi) is 2.93. The molecule has 0 atom stereocenters. The number of amides is 2. The smallest absolute Gasteiger partial charge is 0.324 e. The molecule has 0 radical (unpaired) electrons. The summed E-state index contributed by atoms with van der Waals surface area (Å²) in [5.41, 5.74) is 5.87. The maximum absolute atomic E-state index is 10.6. The first-order valence-corrected chi connectivity index (χ1v) is 3.75. The number of thiol groups is 1. The fourth-order valence-corrected chi connectivity index (χ4v) is 0.906. The van der Waals surface area contributed by atoms with Gasteiger partial charge in [0.15, 0.2) is 0 Å². The van der Waals surface area contributed by atoms with Gasteiger partial charge in [0.05, 0.1) is 6.54 Å². The van der Waals surface area contributed by atoms with Crippen LogP contribution in [0.2, 0.25) is 0 Å². The molecule has 2 N–H and O–H groups in total. The minimum Gasteiger partial charge on any atom is -0.351 e. The van der Waals surface area contributed by atoms with Crippen LogP contribution in [0, 0.1) is 0 Å². The van der Waals surface area contributed by atoms with E-state index in [-0.39, 0.29) is 0 Å². The Hall–Kier alpha value is -1.23. The lowest BCUT2D eigenvalue weighted by Crippen LogP contribution is -2.27. The minimum absolute atomic E-state index is 0.367. The van der Waals surface area contributed by atoms with Gasteiger partial charge in [-0.25, -0.2) is 4.79 Å². The molecule has 0 aromatic carbocycles. The van der Waals surface area contributed by atoms with E-state index in [9.17, 15) is 4.79 Å². The van der Waals surface area contributed by atoms with Crippen molar-refractivity contribution in [1.29, 1.82) is 0 Å². The number of nitrogens with zero attached hydrogens (tertiary/aromatic N) is 2. The summed E-state index contributed by atoms with van der Waals surface area (Å²) in [5.74, 6) is 0. The Morgan fingerprint density at radius 2 is 2.50 bits per heavy atom. The van der Waals surface area contributed by atoms with Crippen molar-refractivity contribution in [3.63, 3.8) is 0 Å². The zero-order chi connectivity index (χ0) is 8.97. The molecule has 0 aliphatic rings. The molecule has 0 saturated heterocycles. The SMILES string of the molecule is NC(=O)N(S)Cc1cccnc1. The first kappa shape index (κ1) is 8.86. The van der Waals surface area contributed by atoms with E-state index in [1.807, 2.05) is 6.07 Å². The van der Waals surface area contributed by atoms with Crippen LogP contribution in [-0.2, 0) is 6.54 Å². The van der Waals surface area contributed by atoms with E-state index in [4.69, 9.17) is 5.73 Å². The fourth-order valence-electron chi connectivity index (χ4n) is 0.743. The van der Waals surface area contributed by atoms with Crippen LogP contribution < -0.4 is 5.73 Å². The normalized spacial score (nSPS) is 9.42. The van der Waals surface area contributed by atoms with Gasteiger partial charge in [-0.2, -0.15) is 0 Å². The molecule has 1 rings (SSSR count). The number of pyridine rings is 1. The third kappa shape index (κ3) is 2.43. The van der Waals surface area contributed by atoms with Crippen LogP contribution in [0.1, 0.15) is 5.56 Å². The maximum Gasteiger partial charge on any atom is 0.324 e. The highest BCUT2D eigenvalue weighted by Crippen LogP contribution is 2.03. The molecule has 0 spiro atoms. The predicted molar refractivity (Wildman–Crippen MR) is 48.3 cm³/mol. The first-order valence-electron chi connectivity index (χ1n) is 3.35. The van der Waals surface area contributed by atoms with E-state index < -0.39 is 6.03 Å². The summed E-state index contributed by atoms with van der Waals surface area (Å²) in [6, 6.07) is 3.07. The van der Waals surface area contributed by atoms with Crippen LogP contribution in [0.5, 0.6) is 0 Å². The van der Waals surface area contributed by atoms with Gasteiger partial charge in [0, 0.05) is 12.4 Å². The molecule has 0 saturated carbocycles. The monoisotopic (exact) mass is 183 g/mol. The van der Waals surface area contributed by atoms with Crippen molar-refractivity contribution in [2.45, 2.75) is 6.54 Å². The summed E-state index contributed by atoms with van der Waals surface area (Å²) >= 11 is 3.87. The average molecular weight is 183 g/mol. The number of carbonyl (C=O) groups excluding carboxylic acids is 1. The van der Waals surface area contributed by atoms with Crippen molar-refractivity contribution in [3.8, 4) is 0 Å². The number of rotatable bonds is 2. The second-order valence-corrected chi connectivity index (χ2v) is 2.74. The van der Waals surface area contributed by atoms with Crippen LogP contribution in [-0.4, -0.2) is 15.3 Å². The lowest BCUT2D eigenvalue weighted by molar-refractivity contribution is 0.234. The molecule has 1 aromatic rings. The third-order valence-corrected chi connectivity index (χ3v) is 1.65. The van der Waals surface area contributed by atoms with E-state index in [0.717, 1.165) is 9.87 Å². The zero-order valence-electron chi connectivity index (χ0n) is 6.34. The molecule has 5 heteroatoms. The summed E-state index contributed by atoms with van der Waals surface area (Å²) in [5, 5.41) is 0.